The van der Waals surface area contributed by atoms with Crippen molar-refractivity contribution in [2.24, 2.45) is 5.92 Å². The largest absolute Gasteiger partial charge is 0.494 e. The minimum atomic E-state index is -1.42. The van der Waals surface area contributed by atoms with E-state index in [1.807, 2.05) is 36.4 Å². The first-order valence-electron chi connectivity index (χ1n) is 9.59. The molecule has 7 nitrogen and oxygen atoms in total. The van der Waals surface area contributed by atoms with Gasteiger partial charge in [-0.2, -0.15) is 0 Å². The third-order valence-electron chi connectivity index (χ3n) is 4.91. The van der Waals surface area contributed by atoms with Crippen LogP contribution in [-0.4, -0.2) is 33.7 Å². The highest BCUT2D eigenvalue weighted by atomic mass is 35.5. The van der Waals surface area contributed by atoms with E-state index in [1.165, 1.54) is 0 Å². The zero-order valence-corrected chi connectivity index (χ0v) is 17.0. The second-order valence-electron chi connectivity index (χ2n) is 7.07. The van der Waals surface area contributed by atoms with Crippen molar-refractivity contribution in [1.82, 2.24) is 4.98 Å². The Morgan fingerprint density at radius 2 is 1.74 bits per heavy atom. The summed E-state index contributed by atoms with van der Waals surface area (Å²) in [6, 6.07) is 16.7. The molecule has 0 bridgehead atoms. The van der Waals surface area contributed by atoms with Crippen molar-refractivity contribution in [3.05, 3.63) is 59.6 Å². The van der Waals surface area contributed by atoms with E-state index in [-0.39, 0.29) is 13.0 Å². The molecular weight excluding hydrogens is 422 g/mol. The number of halogens is 1. The Morgan fingerprint density at radius 1 is 1.00 bits per heavy atom. The van der Waals surface area contributed by atoms with E-state index in [9.17, 15) is 9.59 Å². The lowest BCUT2D eigenvalue weighted by atomic mass is 10.0. The average Bonchev–Trinajstić information content (AvgIpc) is 3.15. The second kappa shape index (κ2) is 8.65. The third kappa shape index (κ3) is 4.62. The van der Waals surface area contributed by atoms with Gasteiger partial charge in [0.1, 0.15) is 11.3 Å². The van der Waals surface area contributed by atoms with Gasteiger partial charge in [0.2, 0.25) is 5.89 Å². The average molecular weight is 440 g/mol. The number of aliphatic carboxylic acids is 2. The highest BCUT2D eigenvalue weighted by Gasteiger charge is 2.24. The molecule has 1 aromatic heterocycles. The van der Waals surface area contributed by atoms with Gasteiger partial charge in [-0.25, -0.2) is 4.98 Å². The zero-order chi connectivity index (χ0) is 22.0. The molecule has 0 unspecified atom stereocenters. The number of benzene rings is 3. The van der Waals surface area contributed by atoms with Gasteiger partial charge in [0.25, 0.3) is 0 Å². The van der Waals surface area contributed by atoms with Crippen molar-refractivity contribution in [2.75, 3.05) is 6.61 Å². The molecule has 1 heterocycles. The predicted octanol–water partition coefficient (Wildman–Crippen LogP) is 5.25. The standard InChI is InChI=1S/C23H18ClNO6/c24-16-6-8-20-19(12-16)25-21(31-20)15-4-3-14-11-17(7-5-13(14)10-15)30-9-1-2-18(22(26)27)23(28)29/h3-8,10-12,18H,1-2,9H2,(H,26,27)(H,28,29). The molecule has 31 heavy (non-hydrogen) atoms. The monoisotopic (exact) mass is 439 g/mol. The van der Waals surface area contributed by atoms with Gasteiger partial charge in [-0.15, -0.1) is 0 Å². The summed E-state index contributed by atoms with van der Waals surface area (Å²) >= 11 is 6.01. The number of oxazole rings is 1. The van der Waals surface area contributed by atoms with Crippen LogP contribution in [0.1, 0.15) is 12.8 Å². The number of carboxylic acids is 2. The molecule has 0 fully saturated rings. The van der Waals surface area contributed by atoms with Crippen molar-refractivity contribution in [3.63, 3.8) is 0 Å². The minimum absolute atomic E-state index is 0.0112. The summed E-state index contributed by atoms with van der Waals surface area (Å²) in [6.07, 6.45) is 0.333. The minimum Gasteiger partial charge on any atom is -0.494 e. The van der Waals surface area contributed by atoms with Gasteiger partial charge in [0, 0.05) is 10.6 Å². The number of fused-ring (bicyclic) bond motifs is 2. The van der Waals surface area contributed by atoms with Crippen LogP contribution in [0.3, 0.4) is 0 Å². The Hall–Kier alpha value is -3.58. The van der Waals surface area contributed by atoms with Crippen LogP contribution in [-0.2, 0) is 9.59 Å². The molecule has 0 saturated heterocycles. The molecule has 0 aliphatic carbocycles. The van der Waals surface area contributed by atoms with Crippen molar-refractivity contribution < 1.29 is 29.0 Å². The molecule has 0 amide bonds. The number of hydrogen-bond acceptors (Lipinski definition) is 5. The van der Waals surface area contributed by atoms with E-state index >= 15 is 0 Å². The number of rotatable bonds is 8. The molecule has 0 radical (unpaired) electrons. The molecule has 2 N–H and O–H groups in total. The van der Waals surface area contributed by atoms with Gasteiger partial charge in [0.15, 0.2) is 11.5 Å². The van der Waals surface area contributed by atoms with Crippen LogP contribution >= 0.6 is 11.6 Å². The number of nitrogens with zero attached hydrogens (tertiary/aromatic N) is 1. The van der Waals surface area contributed by atoms with Gasteiger partial charge in [-0.3, -0.25) is 9.59 Å². The normalized spacial score (nSPS) is 11.3. The summed E-state index contributed by atoms with van der Waals surface area (Å²) in [5.41, 5.74) is 2.19. The van der Waals surface area contributed by atoms with Crippen LogP contribution in [0.2, 0.25) is 5.02 Å². The maximum Gasteiger partial charge on any atom is 0.317 e. The quantitative estimate of drug-likeness (QED) is 0.285. The summed E-state index contributed by atoms with van der Waals surface area (Å²) in [5, 5.41) is 20.3. The lowest BCUT2D eigenvalue weighted by Crippen LogP contribution is -2.23. The summed E-state index contributed by atoms with van der Waals surface area (Å²) in [6.45, 7) is 0.228. The van der Waals surface area contributed by atoms with E-state index in [1.54, 1.807) is 18.2 Å². The highest BCUT2D eigenvalue weighted by Crippen LogP contribution is 2.30. The molecule has 3 aromatic carbocycles. The summed E-state index contributed by atoms with van der Waals surface area (Å²) in [7, 11) is 0. The van der Waals surface area contributed by atoms with Crippen LogP contribution in [0.5, 0.6) is 5.75 Å². The molecule has 0 atom stereocenters. The topological polar surface area (TPSA) is 110 Å². The zero-order valence-electron chi connectivity index (χ0n) is 16.2. The van der Waals surface area contributed by atoms with Crippen molar-refractivity contribution in [1.29, 1.82) is 0 Å². The highest BCUT2D eigenvalue weighted by molar-refractivity contribution is 6.31. The Morgan fingerprint density at radius 3 is 2.52 bits per heavy atom. The van der Waals surface area contributed by atoms with Crippen LogP contribution in [0, 0.1) is 5.92 Å². The lowest BCUT2D eigenvalue weighted by molar-refractivity contribution is -0.154. The van der Waals surface area contributed by atoms with Crippen LogP contribution < -0.4 is 4.74 Å². The molecule has 0 spiro atoms. The SMILES string of the molecule is O=C(O)C(CCCOc1ccc2cc(-c3nc4cc(Cl)ccc4o3)ccc2c1)C(=O)O. The third-order valence-corrected chi connectivity index (χ3v) is 5.15. The van der Waals surface area contributed by atoms with Crippen molar-refractivity contribution in [2.45, 2.75) is 12.8 Å². The van der Waals surface area contributed by atoms with Crippen LogP contribution in [0.15, 0.2) is 59.0 Å². The fourth-order valence-electron chi connectivity index (χ4n) is 3.30. The van der Waals surface area contributed by atoms with E-state index in [4.69, 9.17) is 31.0 Å². The number of hydrogen-bond donors (Lipinski definition) is 2. The van der Waals surface area contributed by atoms with Crippen molar-refractivity contribution in [3.8, 4) is 17.2 Å². The van der Waals surface area contributed by atoms with E-state index < -0.39 is 17.9 Å². The van der Waals surface area contributed by atoms with E-state index in [2.05, 4.69) is 4.98 Å². The fourth-order valence-corrected chi connectivity index (χ4v) is 3.47. The molecular formula is C23H18ClNO6. The Labute approximate surface area is 181 Å². The molecule has 0 saturated carbocycles. The van der Waals surface area contributed by atoms with Crippen LogP contribution in [0.4, 0.5) is 0 Å². The molecule has 8 heteroatoms. The molecule has 0 aliphatic rings. The van der Waals surface area contributed by atoms with E-state index in [0.717, 1.165) is 16.3 Å². The summed E-state index contributed by atoms with van der Waals surface area (Å²) in [4.78, 5) is 26.3. The summed E-state index contributed by atoms with van der Waals surface area (Å²) in [5.74, 6) is -2.96. The number of carboxylic acid groups (broad SMARTS) is 2. The first-order valence-corrected chi connectivity index (χ1v) is 9.97. The first kappa shape index (κ1) is 20.7. The van der Waals surface area contributed by atoms with Gasteiger partial charge >= 0.3 is 11.9 Å². The Kier molecular flexibility index (Phi) is 5.77. The van der Waals surface area contributed by atoms with Gasteiger partial charge < -0.3 is 19.4 Å². The molecule has 4 rings (SSSR count). The second-order valence-corrected chi connectivity index (χ2v) is 7.51. The number of carbonyl (C=O) groups is 2. The van der Waals surface area contributed by atoms with Gasteiger partial charge in [-0.05, 0) is 66.1 Å². The number of aromatic nitrogens is 1. The Balaban J connectivity index is 1.45. The molecule has 0 aliphatic heterocycles. The smallest absolute Gasteiger partial charge is 0.317 e. The molecule has 158 valence electrons. The predicted molar refractivity (Wildman–Crippen MR) is 115 cm³/mol. The first-order chi connectivity index (χ1) is 14.9. The van der Waals surface area contributed by atoms with Crippen molar-refractivity contribution >= 4 is 45.4 Å². The van der Waals surface area contributed by atoms with E-state index in [0.29, 0.717) is 34.2 Å². The number of ether oxygens (including phenoxy) is 1. The lowest BCUT2D eigenvalue weighted by Gasteiger charge is -2.10. The fraction of sp³-hybridized carbons (Fsp3) is 0.174. The maximum atomic E-state index is 10.9. The van der Waals surface area contributed by atoms with Crippen LogP contribution in [0.25, 0.3) is 33.3 Å². The maximum absolute atomic E-state index is 10.9. The summed E-state index contributed by atoms with van der Waals surface area (Å²) < 4.78 is 11.5. The molecule has 4 aromatic rings. The van der Waals surface area contributed by atoms with Gasteiger partial charge in [-0.1, -0.05) is 23.7 Å². The Bertz CT molecular complexity index is 1270. The van der Waals surface area contributed by atoms with Gasteiger partial charge in [0.05, 0.1) is 6.61 Å².